The fourth-order valence-corrected chi connectivity index (χ4v) is 5.49. The molecule has 5 atom stereocenters. The Bertz CT molecular complexity index is 1110. The van der Waals surface area contributed by atoms with Gasteiger partial charge in [0.25, 0.3) is 0 Å². The fraction of sp³-hybridized carbons (Fsp3) is 0.565. The number of nitrogens with one attached hydrogen (secondary N) is 2. The first-order chi connectivity index (χ1) is 16.1. The van der Waals surface area contributed by atoms with Crippen molar-refractivity contribution >= 4 is 16.1 Å². The summed E-state index contributed by atoms with van der Waals surface area (Å²) in [6.07, 6.45) is 0.355. The summed E-state index contributed by atoms with van der Waals surface area (Å²) in [7, 11) is -0.941. The lowest BCUT2D eigenvalue weighted by molar-refractivity contribution is 0.0532. The molecular formula is C23H32N4O6S. The van der Waals surface area contributed by atoms with Gasteiger partial charge in [0.05, 0.1) is 18.2 Å². The van der Waals surface area contributed by atoms with Crippen LogP contribution in [0.4, 0.5) is 5.82 Å². The largest absolute Gasteiger partial charge is 0.474 e. The lowest BCUT2D eigenvalue weighted by Crippen LogP contribution is -2.40. The number of methoxy groups -OCH3 is 1. The molecule has 34 heavy (non-hydrogen) atoms. The number of aliphatic hydroxyl groups is 1. The predicted octanol–water partition coefficient (Wildman–Crippen LogP) is 2.08. The third kappa shape index (κ3) is 5.33. The van der Waals surface area contributed by atoms with Crippen molar-refractivity contribution in [3.8, 4) is 5.88 Å². The van der Waals surface area contributed by atoms with Gasteiger partial charge in [-0.25, -0.2) is 9.97 Å². The molecule has 0 radical (unpaired) electrons. The predicted molar refractivity (Wildman–Crippen MR) is 126 cm³/mol. The van der Waals surface area contributed by atoms with Gasteiger partial charge in [-0.05, 0) is 23.0 Å². The maximum Gasteiger partial charge on any atom is 0.335 e. The summed E-state index contributed by atoms with van der Waals surface area (Å²) in [6.45, 7) is 4.44. The Morgan fingerprint density at radius 1 is 1.15 bits per heavy atom. The molecule has 3 N–H and O–H groups in total. The van der Waals surface area contributed by atoms with Crippen molar-refractivity contribution < 1.29 is 27.2 Å². The summed E-state index contributed by atoms with van der Waals surface area (Å²) in [5.74, 6) is 0.904. The van der Waals surface area contributed by atoms with E-state index in [4.69, 9.17) is 13.7 Å². The SMILES string of the molecule is CNS(=O)(=O)O[C@H]1C[C@H](Oc2cc(N[C@@H]3c4ccccc4C(C)(C)C[C@@H]3OC)ncn2)C[C@@H]1O. The molecule has 1 aromatic heterocycles. The normalized spacial score (nSPS) is 28.3. The second-order valence-corrected chi connectivity index (χ2v) is 10.9. The van der Waals surface area contributed by atoms with Gasteiger partial charge in [0, 0.05) is 33.1 Å². The van der Waals surface area contributed by atoms with Gasteiger partial charge in [-0.3, -0.25) is 4.18 Å². The molecule has 0 amide bonds. The minimum atomic E-state index is -3.91. The standard InChI is InChI=1S/C23H32N4O6S/c1-23(2)12-19(31-4)22(15-7-5-6-8-16(15)23)27-20-11-21(26-13-25-20)32-14-9-17(28)18(10-14)33-34(29,30)24-3/h5-8,11,13-14,17-19,22,24,28H,9-10,12H2,1-4H3,(H,25,26,27)/t14-,17+,18+,19+,22-/m1/s1. The Balaban J connectivity index is 1.48. The third-order valence-corrected chi connectivity index (χ3v) is 7.57. The second-order valence-electron chi connectivity index (χ2n) is 9.38. The zero-order chi connectivity index (χ0) is 24.5. The van der Waals surface area contributed by atoms with Crippen molar-refractivity contribution in [2.75, 3.05) is 19.5 Å². The van der Waals surface area contributed by atoms with E-state index in [9.17, 15) is 13.5 Å². The summed E-state index contributed by atoms with van der Waals surface area (Å²) in [5, 5.41) is 13.7. The number of ether oxygens (including phenoxy) is 2. The number of anilines is 1. The Morgan fingerprint density at radius 2 is 1.91 bits per heavy atom. The molecule has 1 heterocycles. The first-order valence-corrected chi connectivity index (χ1v) is 12.7. The van der Waals surface area contributed by atoms with Gasteiger partial charge >= 0.3 is 10.3 Å². The van der Waals surface area contributed by atoms with Gasteiger partial charge in [-0.15, -0.1) is 0 Å². The lowest BCUT2D eigenvalue weighted by Gasteiger charge is -2.42. The first-order valence-electron chi connectivity index (χ1n) is 11.3. The maximum absolute atomic E-state index is 11.7. The number of hydrogen-bond acceptors (Lipinski definition) is 9. The molecule has 2 aliphatic carbocycles. The summed E-state index contributed by atoms with van der Waals surface area (Å²) >= 11 is 0. The fourth-order valence-electron chi connectivity index (χ4n) is 4.86. The van der Waals surface area contributed by atoms with Crippen LogP contribution in [0, 0.1) is 0 Å². The van der Waals surface area contributed by atoms with Gasteiger partial charge < -0.3 is 19.9 Å². The van der Waals surface area contributed by atoms with Crippen LogP contribution in [0.1, 0.15) is 50.3 Å². The number of aromatic nitrogens is 2. The van der Waals surface area contributed by atoms with Crippen LogP contribution in [0.3, 0.4) is 0 Å². The maximum atomic E-state index is 11.7. The summed E-state index contributed by atoms with van der Waals surface area (Å²) < 4.78 is 42.2. The molecule has 1 aromatic carbocycles. The molecule has 0 bridgehead atoms. The molecule has 0 unspecified atom stereocenters. The highest BCUT2D eigenvalue weighted by Gasteiger charge is 2.40. The van der Waals surface area contributed by atoms with Crippen LogP contribution in [-0.4, -0.2) is 62.1 Å². The van der Waals surface area contributed by atoms with Gasteiger partial charge in [0.2, 0.25) is 5.88 Å². The molecule has 10 nitrogen and oxygen atoms in total. The zero-order valence-corrected chi connectivity index (χ0v) is 20.6. The Labute approximate surface area is 200 Å². The van der Waals surface area contributed by atoms with Crippen LogP contribution in [0.5, 0.6) is 5.88 Å². The smallest absolute Gasteiger partial charge is 0.335 e. The second kappa shape index (κ2) is 9.74. The quantitative estimate of drug-likeness (QED) is 0.507. The van der Waals surface area contributed by atoms with Crippen molar-refractivity contribution in [1.82, 2.24) is 14.7 Å². The van der Waals surface area contributed by atoms with E-state index in [0.29, 0.717) is 11.7 Å². The van der Waals surface area contributed by atoms with Crippen molar-refractivity contribution in [3.63, 3.8) is 0 Å². The monoisotopic (exact) mass is 492 g/mol. The van der Waals surface area contributed by atoms with Crippen molar-refractivity contribution in [3.05, 3.63) is 47.8 Å². The Hall–Kier alpha value is -2.31. The van der Waals surface area contributed by atoms with Gasteiger partial charge in [-0.2, -0.15) is 13.1 Å². The molecule has 0 spiro atoms. The number of rotatable bonds is 8. The van der Waals surface area contributed by atoms with E-state index in [0.717, 1.165) is 12.0 Å². The third-order valence-electron chi connectivity index (χ3n) is 6.57. The summed E-state index contributed by atoms with van der Waals surface area (Å²) in [5.41, 5.74) is 2.42. The molecule has 0 aliphatic heterocycles. The molecule has 186 valence electrons. The van der Waals surface area contributed by atoms with E-state index in [1.807, 2.05) is 6.07 Å². The number of benzene rings is 1. The highest BCUT2D eigenvalue weighted by molar-refractivity contribution is 7.84. The highest BCUT2D eigenvalue weighted by Crippen LogP contribution is 2.43. The van der Waals surface area contributed by atoms with Gasteiger partial charge in [0.1, 0.15) is 24.4 Å². The Morgan fingerprint density at radius 3 is 2.65 bits per heavy atom. The number of nitrogens with zero attached hydrogens (tertiary/aromatic N) is 2. The zero-order valence-electron chi connectivity index (χ0n) is 19.8. The lowest BCUT2D eigenvalue weighted by atomic mass is 9.69. The summed E-state index contributed by atoms with van der Waals surface area (Å²) in [4.78, 5) is 8.54. The number of aliphatic hydroxyl groups excluding tert-OH is 1. The number of fused-ring (bicyclic) bond motifs is 1. The topological polar surface area (TPSA) is 132 Å². The average molecular weight is 493 g/mol. The van der Waals surface area contributed by atoms with Crippen LogP contribution >= 0.6 is 0 Å². The molecule has 0 saturated heterocycles. The molecule has 1 saturated carbocycles. The molecule has 4 rings (SSSR count). The number of hydrogen-bond donors (Lipinski definition) is 3. The minimum absolute atomic E-state index is 0.0158. The van der Waals surface area contributed by atoms with Crippen LogP contribution in [0.25, 0.3) is 0 Å². The van der Waals surface area contributed by atoms with Crippen molar-refractivity contribution in [1.29, 1.82) is 0 Å². The summed E-state index contributed by atoms with van der Waals surface area (Å²) in [6, 6.07) is 9.93. The van der Waals surface area contributed by atoms with Crippen molar-refractivity contribution in [2.45, 2.75) is 69.0 Å². The molecule has 1 fully saturated rings. The van der Waals surface area contributed by atoms with Crippen LogP contribution in [0.2, 0.25) is 0 Å². The van der Waals surface area contributed by atoms with Crippen molar-refractivity contribution in [2.24, 2.45) is 0 Å². The van der Waals surface area contributed by atoms with E-state index in [-0.39, 0.29) is 30.4 Å². The minimum Gasteiger partial charge on any atom is -0.474 e. The van der Waals surface area contributed by atoms with E-state index in [1.54, 1.807) is 13.2 Å². The first kappa shape index (κ1) is 24.8. The van der Waals surface area contributed by atoms with Gasteiger partial charge in [-0.1, -0.05) is 38.1 Å². The van der Waals surface area contributed by atoms with E-state index >= 15 is 0 Å². The van der Waals surface area contributed by atoms with Crippen LogP contribution in [-0.2, 0) is 24.6 Å². The van der Waals surface area contributed by atoms with Crippen LogP contribution in [0.15, 0.2) is 36.7 Å². The van der Waals surface area contributed by atoms with E-state index in [2.05, 4.69) is 52.1 Å². The average Bonchev–Trinajstić information content (AvgIpc) is 3.13. The molecule has 2 aromatic rings. The van der Waals surface area contributed by atoms with E-state index < -0.39 is 28.6 Å². The van der Waals surface area contributed by atoms with E-state index in [1.165, 1.54) is 18.9 Å². The molecule has 11 heteroatoms. The highest BCUT2D eigenvalue weighted by atomic mass is 32.2. The van der Waals surface area contributed by atoms with Crippen LogP contribution < -0.4 is 14.8 Å². The van der Waals surface area contributed by atoms with Gasteiger partial charge in [0.15, 0.2) is 0 Å². The Kier molecular flexibility index (Phi) is 7.11. The molecular weight excluding hydrogens is 460 g/mol. The molecule has 2 aliphatic rings.